The van der Waals surface area contributed by atoms with Gasteiger partial charge in [0.15, 0.2) is 9.84 Å². The second-order valence-corrected chi connectivity index (χ2v) is 16.7. The summed E-state index contributed by atoms with van der Waals surface area (Å²) in [4.78, 5) is 54.1. The number of hydrogen-bond donors (Lipinski definition) is 3. The Balaban J connectivity index is 1.31. The van der Waals surface area contributed by atoms with Crippen molar-refractivity contribution in [1.29, 1.82) is 5.26 Å². The van der Waals surface area contributed by atoms with Crippen LogP contribution in [0.4, 0.5) is 13.2 Å². The van der Waals surface area contributed by atoms with Crippen LogP contribution in [0.15, 0.2) is 0 Å². The molecule has 2 unspecified atom stereocenters. The molecule has 2 saturated heterocycles. The van der Waals surface area contributed by atoms with Crippen molar-refractivity contribution in [2.75, 3.05) is 12.8 Å². The Morgan fingerprint density at radius 1 is 1.09 bits per heavy atom. The molecule has 7 fully saturated rings. The number of fused-ring (bicyclic) bond motifs is 2. The number of hydrogen-bond acceptors (Lipinski definition) is 7. The van der Waals surface area contributed by atoms with Crippen molar-refractivity contribution >= 4 is 33.5 Å². The lowest BCUT2D eigenvalue weighted by atomic mass is 9.47. The zero-order valence-corrected chi connectivity index (χ0v) is 25.3. The molecule has 7 rings (SSSR count). The van der Waals surface area contributed by atoms with Crippen LogP contribution in [0.25, 0.3) is 0 Å². The predicted octanol–water partition coefficient (Wildman–Crippen LogP) is 1.33. The lowest BCUT2D eigenvalue weighted by Crippen LogP contribution is -2.69. The van der Waals surface area contributed by atoms with Gasteiger partial charge >= 0.3 is 12.1 Å². The molecule has 0 aromatic carbocycles. The van der Waals surface area contributed by atoms with Gasteiger partial charge in [-0.1, -0.05) is 0 Å². The number of alkyl halides is 3. The Morgan fingerprint density at radius 3 is 2.34 bits per heavy atom. The monoisotopic (exact) mass is 641 g/mol. The van der Waals surface area contributed by atoms with Crippen LogP contribution in [0.2, 0.25) is 0 Å². The molecule has 2 heterocycles. The van der Waals surface area contributed by atoms with E-state index >= 15 is 0 Å². The number of halogens is 3. The van der Waals surface area contributed by atoms with Gasteiger partial charge in [-0.05, 0) is 88.4 Å². The Kier molecular flexibility index (Phi) is 7.49. The number of nitrogens with zero attached hydrogens (tertiary/aromatic N) is 2. The van der Waals surface area contributed by atoms with Gasteiger partial charge in [-0.15, -0.1) is 0 Å². The van der Waals surface area contributed by atoms with Crippen LogP contribution >= 0.6 is 0 Å². The molecular formula is C29H38F3N5O6S. The van der Waals surface area contributed by atoms with E-state index in [1.807, 2.05) is 11.4 Å². The standard InChI is InChI=1S/C29H38F3N5O6S/c1-44(42,43)28-11-15-6-16(12-28)10-27(9-15,14-28)22(36-26(41)29(30,31)32)25(40)37-20-3-2-17(8-20)21(37)24(39)35-19(13-33)7-18-4-5-34-23(18)38/h15-22H,2-12,14H2,1H3,(H,34,38)(H,35,39)(H,36,41)/t15?,16?,17-,18-,19-,20+,21-,22+,27?,28?/m0/s1. The SMILES string of the molecule is CS(=O)(=O)C12CC3CC(CC([C@H](NC(=O)C(F)(F)F)C(=O)N4[C@@H]5CC[C@@H](C5)[C@H]4C(=O)N[C@H](C#N)C[C@@H]4CCNC4=O)(C3)C1)C2. The van der Waals surface area contributed by atoms with Gasteiger partial charge in [-0.2, -0.15) is 18.4 Å². The molecule has 44 heavy (non-hydrogen) atoms. The molecule has 7 aliphatic rings. The number of amides is 4. The molecular weight excluding hydrogens is 603 g/mol. The zero-order chi connectivity index (χ0) is 31.8. The first-order valence-electron chi connectivity index (χ1n) is 15.4. The third-order valence-electron chi connectivity index (χ3n) is 11.5. The smallest absolute Gasteiger partial charge is 0.356 e. The highest BCUT2D eigenvalue weighted by Crippen LogP contribution is 2.65. The highest BCUT2D eigenvalue weighted by atomic mass is 32.2. The minimum Gasteiger partial charge on any atom is -0.356 e. The van der Waals surface area contributed by atoms with Crippen molar-refractivity contribution in [1.82, 2.24) is 20.9 Å². The van der Waals surface area contributed by atoms with Crippen molar-refractivity contribution in [2.24, 2.45) is 29.1 Å². The van der Waals surface area contributed by atoms with Crippen molar-refractivity contribution in [2.45, 2.75) is 106 Å². The predicted molar refractivity (Wildman–Crippen MR) is 148 cm³/mol. The van der Waals surface area contributed by atoms with Gasteiger partial charge in [0.2, 0.25) is 17.7 Å². The van der Waals surface area contributed by atoms with Crippen molar-refractivity contribution in [3.05, 3.63) is 0 Å². The first-order chi connectivity index (χ1) is 20.6. The maximum Gasteiger partial charge on any atom is 0.471 e. The number of rotatable bonds is 8. The van der Waals surface area contributed by atoms with Crippen molar-refractivity contribution < 1.29 is 40.8 Å². The van der Waals surface area contributed by atoms with E-state index in [4.69, 9.17) is 0 Å². The van der Waals surface area contributed by atoms with E-state index in [2.05, 4.69) is 10.6 Å². The van der Waals surface area contributed by atoms with Gasteiger partial charge in [0.25, 0.3) is 0 Å². The molecule has 0 radical (unpaired) electrons. The number of likely N-dealkylation sites (tertiary alicyclic amines) is 1. The van der Waals surface area contributed by atoms with E-state index in [0.29, 0.717) is 57.9 Å². The Morgan fingerprint density at radius 2 is 1.77 bits per heavy atom. The van der Waals surface area contributed by atoms with Crippen LogP contribution in [0, 0.1) is 40.4 Å². The molecule has 8 atom stereocenters. The zero-order valence-electron chi connectivity index (χ0n) is 24.5. The van der Waals surface area contributed by atoms with Gasteiger partial charge in [0, 0.05) is 30.2 Å². The van der Waals surface area contributed by atoms with Crippen LogP contribution < -0.4 is 16.0 Å². The molecule has 15 heteroatoms. The first kappa shape index (κ1) is 31.1. The lowest BCUT2D eigenvalue weighted by Gasteiger charge is -2.63. The maximum absolute atomic E-state index is 14.6. The van der Waals surface area contributed by atoms with Crippen molar-refractivity contribution in [3.63, 3.8) is 0 Å². The number of nitriles is 1. The Hall–Kier alpha value is -2.89. The number of sulfone groups is 1. The molecule has 4 amide bonds. The third-order valence-corrected chi connectivity index (χ3v) is 13.5. The number of piperidine rings is 1. The minimum atomic E-state index is -5.28. The Labute approximate surface area is 253 Å². The number of carbonyl (C=O) groups is 4. The molecule has 2 aliphatic heterocycles. The molecule has 3 N–H and O–H groups in total. The van der Waals surface area contributed by atoms with Gasteiger partial charge < -0.3 is 20.9 Å². The van der Waals surface area contributed by atoms with E-state index in [0.717, 1.165) is 12.7 Å². The topological polar surface area (TPSA) is 166 Å². The van der Waals surface area contributed by atoms with Crippen molar-refractivity contribution in [3.8, 4) is 6.07 Å². The highest BCUT2D eigenvalue weighted by Gasteiger charge is 2.66. The second-order valence-electron chi connectivity index (χ2n) is 14.3. The first-order valence-corrected chi connectivity index (χ1v) is 17.3. The summed E-state index contributed by atoms with van der Waals surface area (Å²) in [6.07, 6.45) is 0.162. The highest BCUT2D eigenvalue weighted by molar-refractivity contribution is 7.92. The van der Waals surface area contributed by atoms with Gasteiger partial charge in [-0.25, -0.2) is 8.42 Å². The fourth-order valence-electron chi connectivity index (χ4n) is 10.1. The third kappa shape index (κ3) is 5.14. The summed E-state index contributed by atoms with van der Waals surface area (Å²) in [5.41, 5.74) is -1.21. The van der Waals surface area contributed by atoms with Gasteiger partial charge in [0.05, 0.1) is 10.8 Å². The normalized spacial score (nSPS) is 38.6. The average molecular weight is 642 g/mol. The molecule has 5 aliphatic carbocycles. The quantitative estimate of drug-likeness (QED) is 0.360. The summed E-state index contributed by atoms with van der Waals surface area (Å²) in [5, 5.41) is 17.1. The number of nitrogens with one attached hydrogen (secondary N) is 3. The minimum absolute atomic E-state index is 0.0286. The average Bonchev–Trinajstić information content (AvgIpc) is 3.65. The van der Waals surface area contributed by atoms with Crippen LogP contribution in [0.1, 0.15) is 70.6 Å². The van der Waals surface area contributed by atoms with Crippen LogP contribution in [-0.4, -0.2) is 84.8 Å². The van der Waals surface area contributed by atoms with E-state index in [-0.39, 0.29) is 36.5 Å². The molecule has 0 spiro atoms. The fraction of sp³-hybridized carbons (Fsp3) is 0.828. The molecule has 6 bridgehead atoms. The maximum atomic E-state index is 14.6. The summed E-state index contributed by atoms with van der Waals surface area (Å²) in [5.74, 6) is -4.84. The number of carbonyl (C=O) groups excluding carboxylic acids is 4. The largest absolute Gasteiger partial charge is 0.471 e. The second kappa shape index (κ2) is 10.6. The summed E-state index contributed by atoms with van der Waals surface area (Å²) in [6, 6.07) is -2.15. The van der Waals surface area contributed by atoms with Crippen LogP contribution in [-0.2, 0) is 29.0 Å². The molecule has 242 valence electrons. The molecule has 11 nitrogen and oxygen atoms in total. The molecule has 0 aromatic heterocycles. The van der Waals surface area contributed by atoms with E-state index < -0.39 is 74.0 Å². The van der Waals surface area contributed by atoms with E-state index in [1.165, 1.54) is 4.90 Å². The molecule has 0 aromatic rings. The summed E-state index contributed by atoms with van der Waals surface area (Å²) in [7, 11) is -3.64. The Bertz CT molecular complexity index is 1400. The lowest BCUT2D eigenvalue weighted by molar-refractivity contribution is -0.179. The van der Waals surface area contributed by atoms with Gasteiger partial charge in [0.1, 0.15) is 18.1 Å². The van der Waals surface area contributed by atoms with Crippen LogP contribution in [0.5, 0.6) is 0 Å². The molecule has 5 saturated carbocycles. The summed E-state index contributed by atoms with van der Waals surface area (Å²) < 4.78 is 66.0. The van der Waals surface area contributed by atoms with Crippen LogP contribution in [0.3, 0.4) is 0 Å². The van der Waals surface area contributed by atoms with Gasteiger partial charge in [-0.3, -0.25) is 19.2 Å². The summed E-state index contributed by atoms with van der Waals surface area (Å²) >= 11 is 0. The van der Waals surface area contributed by atoms with E-state index in [1.54, 1.807) is 0 Å². The summed E-state index contributed by atoms with van der Waals surface area (Å²) in [6.45, 7) is 0.472. The fourth-order valence-corrected chi connectivity index (χ4v) is 11.7. The van der Waals surface area contributed by atoms with E-state index in [9.17, 15) is 46.0 Å².